The minimum Gasteiger partial charge on any atom is -0.393 e. The summed E-state index contributed by atoms with van der Waals surface area (Å²) in [7, 11) is 2.23. The van der Waals surface area contributed by atoms with E-state index in [1.807, 2.05) is 0 Å². The Hall–Kier alpha value is -0.120. The number of aliphatic hydroxyl groups is 1. The van der Waals surface area contributed by atoms with Gasteiger partial charge < -0.3 is 5.11 Å². The largest absolute Gasteiger partial charge is 0.393 e. The lowest BCUT2D eigenvalue weighted by Gasteiger charge is -2.46. The van der Waals surface area contributed by atoms with Crippen LogP contribution in [-0.4, -0.2) is 59.8 Å². The van der Waals surface area contributed by atoms with Gasteiger partial charge in [0.25, 0.3) is 0 Å². The quantitative estimate of drug-likeness (QED) is 0.832. The molecule has 1 saturated heterocycles. The monoisotopic (exact) mass is 268 g/mol. The van der Waals surface area contributed by atoms with E-state index in [1.54, 1.807) is 0 Å². The maximum atomic E-state index is 10.3. The molecule has 4 atom stereocenters. The maximum absolute atomic E-state index is 10.3. The van der Waals surface area contributed by atoms with Crippen LogP contribution < -0.4 is 0 Å². The first kappa shape index (κ1) is 15.3. The van der Waals surface area contributed by atoms with E-state index >= 15 is 0 Å². The fourth-order valence-electron chi connectivity index (χ4n) is 3.90. The van der Waals surface area contributed by atoms with Gasteiger partial charge in [-0.15, -0.1) is 0 Å². The summed E-state index contributed by atoms with van der Waals surface area (Å²) in [5.74, 6) is 0.464. The molecular formula is C16H32N2O. The fraction of sp³-hybridized carbons (Fsp3) is 1.00. The molecule has 1 saturated carbocycles. The van der Waals surface area contributed by atoms with Crippen molar-refractivity contribution >= 4 is 0 Å². The Morgan fingerprint density at radius 1 is 1.16 bits per heavy atom. The molecule has 1 aliphatic carbocycles. The van der Waals surface area contributed by atoms with Crippen molar-refractivity contribution in [3.63, 3.8) is 0 Å². The van der Waals surface area contributed by atoms with Crippen LogP contribution in [0.5, 0.6) is 0 Å². The van der Waals surface area contributed by atoms with Crippen LogP contribution in [0.1, 0.15) is 47.0 Å². The van der Waals surface area contributed by atoms with Crippen molar-refractivity contribution in [2.75, 3.05) is 26.7 Å². The number of likely N-dealkylation sites (N-methyl/N-ethyl adjacent to an activating group) is 1. The second-order valence-electron chi connectivity index (χ2n) is 7.82. The van der Waals surface area contributed by atoms with Gasteiger partial charge in [0, 0.05) is 31.7 Å². The minimum absolute atomic E-state index is 0.0849. The molecule has 2 aliphatic rings. The van der Waals surface area contributed by atoms with Gasteiger partial charge in [-0.05, 0) is 51.5 Å². The lowest BCUT2D eigenvalue weighted by molar-refractivity contribution is -0.0162. The van der Waals surface area contributed by atoms with Gasteiger partial charge in [-0.1, -0.05) is 13.8 Å². The molecule has 3 heteroatoms. The number of rotatable bonds is 2. The molecule has 0 bridgehead atoms. The molecule has 3 nitrogen and oxygen atoms in total. The zero-order valence-corrected chi connectivity index (χ0v) is 13.4. The van der Waals surface area contributed by atoms with E-state index in [2.05, 4.69) is 44.5 Å². The predicted octanol–water partition coefficient (Wildman–Crippen LogP) is 2.20. The first-order valence-electron chi connectivity index (χ1n) is 7.91. The average Bonchev–Trinajstić information content (AvgIpc) is 2.30. The highest BCUT2D eigenvalue weighted by atomic mass is 16.3. The number of aliphatic hydroxyl groups excluding tert-OH is 1. The Labute approximate surface area is 119 Å². The first-order valence-corrected chi connectivity index (χ1v) is 7.91. The topological polar surface area (TPSA) is 26.7 Å². The molecule has 4 unspecified atom stereocenters. The Bertz CT molecular complexity index is 293. The van der Waals surface area contributed by atoms with Crippen LogP contribution in [-0.2, 0) is 0 Å². The van der Waals surface area contributed by atoms with Crippen LogP contribution in [0.4, 0.5) is 0 Å². The molecule has 112 valence electrons. The van der Waals surface area contributed by atoms with Crippen molar-refractivity contribution in [2.45, 2.75) is 65.1 Å². The minimum atomic E-state index is -0.0849. The van der Waals surface area contributed by atoms with Crippen molar-refractivity contribution in [3.05, 3.63) is 0 Å². The van der Waals surface area contributed by atoms with Gasteiger partial charge in [0.1, 0.15) is 0 Å². The number of piperazine rings is 1. The molecule has 0 radical (unpaired) electrons. The average molecular weight is 268 g/mol. The van der Waals surface area contributed by atoms with E-state index in [0.29, 0.717) is 23.4 Å². The van der Waals surface area contributed by atoms with Gasteiger partial charge in [0.15, 0.2) is 0 Å². The number of hydrogen-bond donors (Lipinski definition) is 1. The highest BCUT2D eigenvalue weighted by Gasteiger charge is 2.36. The predicted molar refractivity (Wildman–Crippen MR) is 80.3 cm³/mol. The van der Waals surface area contributed by atoms with Crippen molar-refractivity contribution in [3.8, 4) is 0 Å². The zero-order valence-electron chi connectivity index (χ0n) is 13.4. The Morgan fingerprint density at radius 2 is 1.74 bits per heavy atom. The first-order chi connectivity index (χ1) is 8.78. The molecule has 1 aliphatic heterocycles. The standard InChI is InChI=1S/C16H32N2O/c1-12-9-18(10-13(2)17(12)5)11-14-8-16(3,4)7-6-15(14)19/h12-15,19H,6-11H2,1-5H3. The molecular weight excluding hydrogens is 236 g/mol. The SMILES string of the molecule is CC1CN(CC2CC(C)(C)CCC2O)CC(C)N1C. The summed E-state index contributed by atoms with van der Waals surface area (Å²) in [6.07, 6.45) is 3.23. The highest BCUT2D eigenvalue weighted by Crippen LogP contribution is 2.39. The van der Waals surface area contributed by atoms with E-state index in [1.165, 1.54) is 12.8 Å². The second kappa shape index (κ2) is 5.71. The summed E-state index contributed by atoms with van der Waals surface area (Å²) < 4.78 is 0. The van der Waals surface area contributed by atoms with Crippen molar-refractivity contribution in [1.29, 1.82) is 0 Å². The summed E-state index contributed by atoms with van der Waals surface area (Å²) in [4.78, 5) is 5.04. The smallest absolute Gasteiger partial charge is 0.0581 e. The fourth-order valence-corrected chi connectivity index (χ4v) is 3.90. The molecule has 0 aromatic rings. The molecule has 2 rings (SSSR count). The van der Waals surface area contributed by atoms with Gasteiger partial charge in [-0.25, -0.2) is 0 Å². The van der Waals surface area contributed by atoms with Crippen molar-refractivity contribution in [2.24, 2.45) is 11.3 Å². The summed E-state index contributed by atoms with van der Waals surface area (Å²) in [5, 5.41) is 10.3. The van der Waals surface area contributed by atoms with Gasteiger partial charge in [-0.2, -0.15) is 0 Å². The Morgan fingerprint density at radius 3 is 2.32 bits per heavy atom. The molecule has 19 heavy (non-hydrogen) atoms. The third-order valence-corrected chi connectivity index (χ3v) is 5.40. The van der Waals surface area contributed by atoms with Gasteiger partial charge >= 0.3 is 0 Å². The van der Waals surface area contributed by atoms with Crippen molar-refractivity contribution < 1.29 is 5.11 Å². The van der Waals surface area contributed by atoms with E-state index in [-0.39, 0.29) is 6.10 Å². The zero-order chi connectivity index (χ0) is 14.2. The Balaban J connectivity index is 1.93. The van der Waals surface area contributed by atoms with Crippen molar-refractivity contribution in [1.82, 2.24) is 9.80 Å². The summed E-state index contributed by atoms with van der Waals surface area (Å²) in [5.41, 5.74) is 0.410. The molecule has 0 aromatic heterocycles. The van der Waals surface area contributed by atoms with E-state index in [0.717, 1.165) is 26.1 Å². The third-order valence-electron chi connectivity index (χ3n) is 5.40. The van der Waals surface area contributed by atoms with Gasteiger partial charge in [-0.3, -0.25) is 9.80 Å². The molecule has 1 heterocycles. The third kappa shape index (κ3) is 3.71. The van der Waals surface area contributed by atoms with Crippen LogP contribution in [0, 0.1) is 11.3 Å². The second-order valence-corrected chi connectivity index (χ2v) is 7.82. The molecule has 1 N–H and O–H groups in total. The highest BCUT2D eigenvalue weighted by molar-refractivity contribution is 4.89. The van der Waals surface area contributed by atoms with Gasteiger partial charge in [0.2, 0.25) is 0 Å². The summed E-state index contributed by atoms with van der Waals surface area (Å²) in [6.45, 7) is 12.7. The van der Waals surface area contributed by atoms with E-state index in [4.69, 9.17) is 0 Å². The van der Waals surface area contributed by atoms with E-state index < -0.39 is 0 Å². The lowest BCUT2D eigenvalue weighted by atomic mass is 9.70. The molecule has 0 spiro atoms. The van der Waals surface area contributed by atoms with Crippen LogP contribution >= 0.6 is 0 Å². The van der Waals surface area contributed by atoms with E-state index in [9.17, 15) is 5.11 Å². The normalized spacial score (nSPS) is 41.4. The van der Waals surface area contributed by atoms with Crippen LogP contribution in [0.2, 0.25) is 0 Å². The van der Waals surface area contributed by atoms with Crippen LogP contribution in [0.25, 0.3) is 0 Å². The summed E-state index contributed by atoms with van der Waals surface area (Å²) >= 11 is 0. The lowest BCUT2D eigenvalue weighted by Crippen LogP contribution is -2.56. The molecule has 0 aromatic carbocycles. The summed E-state index contributed by atoms with van der Waals surface area (Å²) in [6, 6.07) is 1.25. The Kier molecular flexibility index (Phi) is 4.59. The molecule has 0 amide bonds. The van der Waals surface area contributed by atoms with Crippen LogP contribution in [0.15, 0.2) is 0 Å². The molecule has 2 fully saturated rings. The number of hydrogen-bond acceptors (Lipinski definition) is 3. The maximum Gasteiger partial charge on any atom is 0.0581 e. The number of nitrogens with zero attached hydrogens (tertiary/aromatic N) is 2. The van der Waals surface area contributed by atoms with Crippen LogP contribution in [0.3, 0.4) is 0 Å². The van der Waals surface area contributed by atoms with Gasteiger partial charge in [0.05, 0.1) is 6.10 Å².